The van der Waals surface area contributed by atoms with Crippen molar-refractivity contribution in [2.75, 3.05) is 6.61 Å². The van der Waals surface area contributed by atoms with Crippen LogP contribution in [-0.2, 0) is 11.3 Å². The van der Waals surface area contributed by atoms with Gasteiger partial charge in [0.15, 0.2) is 0 Å². The molecule has 1 aliphatic rings. The Labute approximate surface area is 154 Å². The molecule has 0 radical (unpaired) electrons. The summed E-state index contributed by atoms with van der Waals surface area (Å²) in [5.41, 5.74) is 7.32. The summed E-state index contributed by atoms with van der Waals surface area (Å²) < 4.78 is 7.97. The van der Waals surface area contributed by atoms with Gasteiger partial charge in [0.2, 0.25) is 0 Å². The second kappa shape index (κ2) is 8.30. The third-order valence-corrected chi connectivity index (χ3v) is 5.20. The van der Waals surface area contributed by atoms with E-state index < -0.39 is 0 Å². The first-order valence-corrected chi connectivity index (χ1v) is 9.48. The molecule has 0 amide bonds. The van der Waals surface area contributed by atoms with E-state index >= 15 is 0 Å². The van der Waals surface area contributed by atoms with Crippen LogP contribution >= 0.6 is 11.6 Å². The van der Waals surface area contributed by atoms with E-state index in [-0.39, 0.29) is 12.1 Å². The van der Waals surface area contributed by atoms with Crippen LogP contribution in [0.2, 0.25) is 5.02 Å². The molecule has 0 aliphatic heterocycles. The fraction of sp³-hybridized carbons (Fsp3) is 0.579. The summed E-state index contributed by atoms with van der Waals surface area (Å²) in [4.78, 5) is 4.71. The lowest BCUT2D eigenvalue weighted by molar-refractivity contribution is 0.00865. The fourth-order valence-corrected chi connectivity index (χ4v) is 3.72. The van der Waals surface area contributed by atoms with Gasteiger partial charge in [-0.25, -0.2) is 9.67 Å². The molecule has 0 bridgehead atoms. The average molecular weight is 363 g/mol. The molecule has 1 heterocycles. The summed E-state index contributed by atoms with van der Waals surface area (Å²) in [6, 6.07) is 8.00. The molecule has 6 heteroatoms. The van der Waals surface area contributed by atoms with Crippen LogP contribution in [0.25, 0.3) is 0 Å². The highest BCUT2D eigenvalue weighted by molar-refractivity contribution is 6.31. The van der Waals surface area contributed by atoms with Crippen LogP contribution in [0.15, 0.2) is 24.3 Å². The molecular weight excluding hydrogens is 336 g/mol. The molecule has 1 aromatic carbocycles. The maximum Gasteiger partial charge on any atom is 0.147 e. The predicted octanol–water partition coefficient (Wildman–Crippen LogP) is 3.68. The Hall–Kier alpha value is -1.43. The van der Waals surface area contributed by atoms with Gasteiger partial charge >= 0.3 is 0 Å². The first-order chi connectivity index (χ1) is 12.1. The summed E-state index contributed by atoms with van der Waals surface area (Å²) in [7, 11) is 0. The van der Waals surface area contributed by atoms with E-state index in [0.29, 0.717) is 12.5 Å². The van der Waals surface area contributed by atoms with E-state index in [1.54, 1.807) is 0 Å². The largest absolute Gasteiger partial charge is 0.377 e. The lowest BCUT2D eigenvalue weighted by Gasteiger charge is -2.33. The Morgan fingerprint density at radius 3 is 2.88 bits per heavy atom. The van der Waals surface area contributed by atoms with Crippen LogP contribution in [0, 0.1) is 6.92 Å². The number of aromatic nitrogens is 3. The van der Waals surface area contributed by atoms with Crippen LogP contribution in [0.1, 0.15) is 55.7 Å². The number of hydrogen-bond donors (Lipinski definition) is 1. The van der Waals surface area contributed by atoms with E-state index in [1.807, 2.05) is 35.9 Å². The van der Waals surface area contributed by atoms with Crippen LogP contribution in [0.4, 0.5) is 0 Å². The van der Waals surface area contributed by atoms with Crippen LogP contribution < -0.4 is 5.73 Å². The topological polar surface area (TPSA) is 66.0 Å². The molecule has 1 fully saturated rings. The molecule has 3 rings (SSSR count). The predicted molar refractivity (Wildman–Crippen MR) is 99.9 cm³/mol. The highest BCUT2D eigenvalue weighted by Gasteiger charge is 2.32. The maximum atomic E-state index is 6.32. The minimum absolute atomic E-state index is 0.101. The van der Waals surface area contributed by atoms with Gasteiger partial charge in [-0.1, -0.05) is 36.7 Å². The average Bonchev–Trinajstić information content (AvgIpc) is 2.96. The van der Waals surface area contributed by atoms with Crippen molar-refractivity contribution < 1.29 is 4.74 Å². The maximum absolute atomic E-state index is 6.32. The molecule has 1 aliphatic carbocycles. The molecule has 5 nitrogen and oxygen atoms in total. The zero-order valence-corrected chi connectivity index (χ0v) is 15.7. The summed E-state index contributed by atoms with van der Waals surface area (Å²) in [5.74, 6) is 2.14. The third kappa shape index (κ3) is 4.40. The molecule has 25 heavy (non-hydrogen) atoms. The zero-order chi connectivity index (χ0) is 17.8. The molecule has 0 unspecified atom stereocenters. The van der Waals surface area contributed by atoms with Crippen molar-refractivity contribution in [1.29, 1.82) is 0 Å². The van der Waals surface area contributed by atoms with E-state index in [2.05, 4.69) is 12.0 Å². The highest BCUT2D eigenvalue weighted by atomic mass is 35.5. The van der Waals surface area contributed by atoms with E-state index in [9.17, 15) is 0 Å². The molecule has 1 saturated carbocycles. The summed E-state index contributed by atoms with van der Waals surface area (Å²) in [5, 5.41) is 5.36. The number of aryl methyl sites for hydroxylation is 1. The number of hydrogen-bond acceptors (Lipinski definition) is 4. The van der Waals surface area contributed by atoms with Crippen molar-refractivity contribution in [1.82, 2.24) is 14.8 Å². The third-order valence-electron chi connectivity index (χ3n) is 4.83. The number of benzene rings is 1. The Bertz CT molecular complexity index is 702. The van der Waals surface area contributed by atoms with Crippen LogP contribution in [0.5, 0.6) is 0 Å². The molecule has 3 atom stereocenters. The first kappa shape index (κ1) is 18.4. The molecular formula is C19H27ClN4O. The van der Waals surface area contributed by atoms with Gasteiger partial charge < -0.3 is 10.5 Å². The van der Waals surface area contributed by atoms with Gasteiger partial charge in [-0.2, -0.15) is 5.10 Å². The van der Waals surface area contributed by atoms with Crippen molar-refractivity contribution in [3.05, 3.63) is 46.5 Å². The quantitative estimate of drug-likeness (QED) is 0.851. The van der Waals surface area contributed by atoms with Gasteiger partial charge in [0.05, 0.1) is 12.6 Å². The van der Waals surface area contributed by atoms with Crippen molar-refractivity contribution >= 4 is 11.6 Å². The number of nitrogens with zero attached hydrogens (tertiary/aromatic N) is 3. The van der Waals surface area contributed by atoms with Crippen LogP contribution in [0.3, 0.4) is 0 Å². The van der Waals surface area contributed by atoms with Crippen molar-refractivity contribution in [2.45, 2.75) is 64.1 Å². The number of rotatable bonds is 6. The second-order valence-electron chi connectivity index (χ2n) is 6.85. The smallest absolute Gasteiger partial charge is 0.147 e. The monoisotopic (exact) mass is 362 g/mol. The van der Waals surface area contributed by atoms with Crippen molar-refractivity contribution in [3.63, 3.8) is 0 Å². The molecule has 2 N–H and O–H groups in total. The normalized spacial score (nSPS) is 23.8. The van der Waals surface area contributed by atoms with Gasteiger partial charge in [-0.3, -0.25) is 0 Å². The summed E-state index contributed by atoms with van der Waals surface area (Å²) >= 11 is 6.32. The van der Waals surface area contributed by atoms with Gasteiger partial charge in [-0.15, -0.1) is 0 Å². The Kier molecular flexibility index (Phi) is 6.10. The molecule has 0 spiro atoms. The number of ether oxygens (including phenoxy) is 1. The molecule has 136 valence electrons. The standard InChI is InChI=1S/C19H27ClN4O/c1-3-10-25-18-11-14(8-9-17(18)21)19-22-13(2)23-24(19)12-15-6-4-5-7-16(15)20/h4-7,14,17-18H,3,8-12,21H2,1-2H3/t14-,17-,18-/m0/s1. The molecule has 0 saturated heterocycles. The Balaban J connectivity index is 1.79. The minimum atomic E-state index is 0.101. The van der Waals surface area contributed by atoms with E-state index in [1.165, 1.54) is 0 Å². The van der Waals surface area contributed by atoms with Crippen LogP contribution in [-0.4, -0.2) is 33.5 Å². The van der Waals surface area contributed by atoms with Crippen molar-refractivity contribution in [2.24, 2.45) is 5.73 Å². The fourth-order valence-electron chi connectivity index (χ4n) is 3.53. The van der Waals surface area contributed by atoms with Gasteiger partial charge in [-0.05, 0) is 44.2 Å². The van der Waals surface area contributed by atoms with Gasteiger partial charge in [0, 0.05) is 23.6 Å². The SMILES string of the molecule is CCCO[C@H]1C[C@@H](c2nc(C)nn2Cc2ccccc2Cl)CC[C@@H]1N. The highest BCUT2D eigenvalue weighted by Crippen LogP contribution is 2.33. The first-order valence-electron chi connectivity index (χ1n) is 9.10. The van der Waals surface area contributed by atoms with Gasteiger partial charge in [0.25, 0.3) is 0 Å². The number of nitrogens with two attached hydrogens (primary N) is 1. The summed E-state index contributed by atoms with van der Waals surface area (Å²) in [6.07, 6.45) is 3.99. The second-order valence-corrected chi connectivity index (χ2v) is 7.26. The zero-order valence-electron chi connectivity index (χ0n) is 15.0. The lowest BCUT2D eigenvalue weighted by Crippen LogP contribution is -2.42. The Morgan fingerprint density at radius 1 is 1.32 bits per heavy atom. The van der Waals surface area contributed by atoms with Gasteiger partial charge in [0.1, 0.15) is 11.6 Å². The van der Waals surface area contributed by atoms with E-state index in [0.717, 1.165) is 54.5 Å². The van der Waals surface area contributed by atoms with E-state index in [4.69, 9.17) is 27.1 Å². The molecule has 1 aromatic heterocycles. The Morgan fingerprint density at radius 2 is 2.12 bits per heavy atom. The summed E-state index contributed by atoms with van der Waals surface area (Å²) in [6.45, 7) is 5.46. The van der Waals surface area contributed by atoms with Crippen molar-refractivity contribution in [3.8, 4) is 0 Å². The molecule has 2 aromatic rings. The lowest BCUT2D eigenvalue weighted by atomic mass is 9.83. The minimum Gasteiger partial charge on any atom is -0.377 e. The number of halogens is 1.